The molecule has 0 amide bonds. The van der Waals surface area contributed by atoms with Crippen molar-refractivity contribution >= 4 is 0 Å². The Hall–Kier alpha value is -0.300. The van der Waals surface area contributed by atoms with Crippen LogP contribution in [0.15, 0.2) is 12.7 Å². The normalized spacial score (nSPS) is 18.6. The first-order valence-electron chi connectivity index (χ1n) is 9.21. The Morgan fingerprint density at radius 2 is 1.85 bits per heavy atom. The number of hydrogen-bond acceptors (Lipinski definition) is 1. The minimum absolute atomic E-state index is 0.779. The van der Waals surface area contributed by atoms with E-state index in [0.717, 1.165) is 12.0 Å². The molecule has 1 aliphatic carbocycles. The number of allylic oxidation sites excluding steroid dienone is 1. The molecule has 1 saturated carbocycles. The highest BCUT2D eigenvalue weighted by molar-refractivity contribution is 4.74. The van der Waals surface area contributed by atoms with Crippen LogP contribution in [0.4, 0.5) is 0 Å². The number of rotatable bonds is 11. The van der Waals surface area contributed by atoms with E-state index >= 15 is 0 Å². The molecule has 20 heavy (non-hydrogen) atoms. The predicted octanol–water partition coefficient (Wildman–Crippen LogP) is 5.85. The molecule has 0 heterocycles. The van der Waals surface area contributed by atoms with Gasteiger partial charge < -0.3 is 5.32 Å². The van der Waals surface area contributed by atoms with Crippen LogP contribution in [0, 0.1) is 5.92 Å². The maximum Gasteiger partial charge on any atom is 0.00696 e. The van der Waals surface area contributed by atoms with Crippen molar-refractivity contribution in [3.8, 4) is 0 Å². The number of hydrogen-bond donors (Lipinski definition) is 1. The zero-order chi connectivity index (χ0) is 14.5. The van der Waals surface area contributed by atoms with Gasteiger partial charge in [0.25, 0.3) is 0 Å². The van der Waals surface area contributed by atoms with E-state index in [1.165, 1.54) is 90.0 Å². The van der Waals surface area contributed by atoms with Crippen LogP contribution >= 0.6 is 0 Å². The van der Waals surface area contributed by atoms with Crippen LogP contribution in [0.3, 0.4) is 0 Å². The molecule has 1 heteroatoms. The van der Waals surface area contributed by atoms with Gasteiger partial charge in [-0.2, -0.15) is 0 Å². The van der Waals surface area contributed by atoms with Crippen molar-refractivity contribution in [2.45, 2.75) is 96.4 Å². The van der Waals surface area contributed by atoms with Crippen molar-refractivity contribution in [3.63, 3.8) is 0 Å². The van der Waals surface area contributed by atoms with E-state index in [4.69, 9.17) is 0 Å². The molecule has 0 spiro atoms. The molecule has 1 N–H and O–H groups in total. The van der Waals surface area contributed by atoms with Gasteiger partial charge in [0.15, 0.2) is 0 Å². The molecule has 0 aliphatic heterocycles. The van der Waals surface area contributed by atoms with E-state index < -0.39 is 0 Å². The first kappa shape index (κ1) is 17.8. The van der Waals surface area contributed by atoms with Gasteiger partial charge in [0.05, 0.1) is 0 Å². The number of nitrogens with one attached hydrogen (secondary N) is 1. The van der Waals surface area contributed by atoms with Gasteiger partial charge in [-0.15, -0.1) is 6.58 Å². The molecule has 0 radical (unpaired) electrons. The average Bonchev–Trinajstić information content (AvgIpc) is 2.73. The fourth-order valence-electron chi connectivity index (χ4n) is 3.51. The Labute approximate surface area is 127 Å². The van der Waals surface area contributed by atoms with Gasteiger partial charge in [0, 0.05) is 6.04 Å². The lowest BCUT2D eigenvalue weighted by molar-refractivity contribution is 0.333. The summed E-state index contributed by atoms with van der Waals surface area (Å²) in [4.78, 5) is 0. The molecule has 1 unspecified atom stereocenters. The summed E-state index contributed by atoms with van der Waals surface area (Å²) in [5.41, 5.74) is 0. The van der Waals surface area contributed by atoms with Gasteiger partial charge in [-0.25, -0.2) is 0 Å². The van der Waals surface area contributed by atoms with E-state index in [2.05, 4.69) is 24.9 Å². The molecule has 118 valence electrons. The predicted molar refractivity (Wildman–Crippen MR) is 91.2 cm³/mol. The summed E-state index contributed by atoms with van der Waals surface area (Å²) in [6.07, 6.45) is 20.3. The molecule has 1 nitrogen and oxygen atoms in total. The van der Waals surface area contributed by atoms with Crippen LogP contribution in [0.25, 0.3) is 0 Å². The molecule has 0 saturated heterocycles. The molecule has 1 aliphatic rings. The van der Waals surface area contributed by atoms with E-state index in [1.807, 2.05) is 0 Å². The van der Waals surface area contributed by atoms with Gasteiger partial charge in [-0.3, -0.25) is 0 Å². The minimum atomic E-state index is 0.779. The van der Waals surface area contributed by atoms with E-state index in [-0.39, 0.29) is 0 Å². The third-order valence-corrected chi connectivity index (χ3v) is 4.74. The molecule has 0 aromatic carbocycles. The van der Waals surface area contributed by atoms with Crippen molar-refractivity contribution in [2.75, 3.05) is 6.54 Å². The van der Waals surface area contributed by atoms with Crippen LogP contribution in [0.2, 0.25) is 0 Å². The highest BCUT2D eigenvalue weighted by Gasteiger charge is 2.17. The number of unbranched alkanes of at least 4 members (excludes halogenated alkanes) is 3. The largest absolute Gasteiger partial charge is 0.314 e. The second-order valence-corrected chi connectivity index (χ2v) is 6.67. The topological polar surface area (TPSA) is 12.0 Å². The summed E-state index contributed by atoms with van der Waals surface area (Å²) in [7, 11) is 0. The summed E-state index contributed by atoms with van der Waals surface area (Å²) in [5, 5.41) is 3.81. The summed E-state index contributed by atoms with van der Waals surface area (Å²) in [6.45, 7) is 7.28. The van der Waals surface area contributed by atoms with Gasteiger partial charge >= 0.3 is 0 Å². The van der Waals surface area contributed by atoms with Crippen molar-refractivity contribution in [1.82, 2.24) is 5.32 Å². The van der Waals surface area contributed by atoms with Gasteiger partial charge in [-0.1, -0.05) is 64.4 Å². The zero-order valence-corrected chi connectivity index (χ0v) is 13.8. The summed E-state index contributed by atoms with van der Waals surface area (Å²) >= 11 is 0. The second kappa shape index (κ2) is 12.4. The SMILES string of the molecule is C=CCCCCCC(CC1CCCCCC1)NCCC. The Kier molecular flexibility index (Phi) is 11.0. The minimum Gasteiger partial charge on any atom is -0.314 e. The van der Waals surface area contributed by atoms with Crippen LogP contribution in [0.5, 0.6) is 0 Å². The Bertz CT molecular complexity index is 216. The van der Waals surface area contributed by atoms with E-state index in [1.54, 1.807) is 0 Å². The lowest BCUT2D eigenvalue weighted by atomic mass is 9.90. The van der Waals surface area contributed by atoms with Gasteiger partial charge in [0.2, 0.25) is 0 Å². The smallest absolute Gasteiger partial charge is 0.00696 e. The van der Waals surface area contributed by atoms with Crippen molar-refractivity contribution in [2.24, 2.45) is 5.92 Å². The Morgan fingerprint density at radius 3 is 2.50 bits per heavy atom. The van der Waals surface area contributed by atoms with Crippen LogP contribution in [0.1, 0.15) is 90.4 Å². The maximum absolute atomic E-state index is 3.81. The molecular formula is C19H37N. The monoisotopic (exact) mass is 279 g/mol. The molecular weight excluding hydrogens is 242 g/mol. The highest BCUT2D eigenvalue weighted by Crippen LogP contribution is 2.27. The summed E-state index contributed by atoms with van der Waals surface area (Å²) in [6, 6.07) is 0.779. The lowest BCUT2D eigenvalue weighted by Crippen LogP contribution is -2.31. The van der Waals surface area contributed by atoms with Crippen molar-refractivity contribution < 1.29 is 0 Å². The average molecular weight is 280 g/mol. The lowest BCUT2D eigenvalue weighted by Gasteiger charge is -2.24. The Balaban J connectivity index is 2.24. The molecule has 0 aromatic rings. The van der Waals surface area contributed by atoms with Gasteiger partial charge in [-0.05, 0) is 44.6 Å². The zero-order valence-electron chi connectivity index (χ0n) is 13.8. The third-order valence-electron chi connectivity index (χ3n) is 4.74. The van der Waals surface area contributed by atoms with Gasteiger partial charge in [0.1, 0.15) is 0 Å². The maximum atomic E-state index is 3.81. The van der Waals surface area contributed by atoms with E-state index in [0.29, 0.717) is 0 Å². The first-order valence-corrected chi connectivity index (χ1v) is 9.21. The standard InChI is InChI=1S/C19H37N/c1-3-5-6-7-12-15-19(20-16-4-2)17-18-13-10-8-9-11-14-18/h3,18-20H,1,4-17H2,2H3. The first-order chi connectivity index (χ1) is 9.86. The molecule has 1 atom stereocenters. The molecule has 0 bridgehead atoms. The van der Waals surface area contributed by atoms with Crippen LogP contribution in [-0.4, -0.2) is 12.6 Å². The third kappa shape index (κ3) is 8.79. The second-order valence-electron chi connectivity index (χ2n) is 6.67. The molecule has 0 aromatic heterocycles. The highest BCUT2D eigenvalue weighted by atomic mass is 14.9. The van der Waals surface area contributed by atoms with Crippen molar-refractivity contribution in [3.05, 3.63) is 12.7 Å². The van der Waals surface area contributed by atoms with Crippen LogP contribution in [-0.2, 0) is 0 Å². The fraction of sp³-hybridized carbons (Fsp3) is 0.895. The fourth-order valence-corrected chi connectivity index (χ4v) is 3.51. The van der Waals surface area contributed by atoms with Crippen molar-refractivity contribution in [1.29, 1.82) is 0 Å². The van der Waals surface area contributed by atoms with E-state index in [9.17, 15) is 0 Å². The molecule has 1 rings (SSSR count). The summed E-state index contributed by atoms with van der Waals surface area (Å²) < 4.78 is 0. The molecule has 1 fully saturated rings. The van der Waals surface area contributed by atoms with Crippen LogP contribution < -0.4 is 5.32 Å². The Morgan fingerprint density at radius 1 is 1.10 bits per heavy atom. The summed E-state index contributed by atoms with van der Waals surface area (Å²) in [5.74, 6) is 1.00. The quantitative estimate of drug-likeness (QED) is 0.284.